The molecule has 0 bridgehead atoms. The van der Waals surface area contributed by atoms with Crippen molar-refractivity contribution in [3.05, 3.63) is 60.2 Å². The number of benzene rings is 2. The Morgan fingerprint density at radius 1 is 1.08 bits per heavy atom. The monoisotopic (exact) mass is 369 g/mol. The molecule has 0 unspecified atom stereocenters. The van der Waals surface area contributed by atoms with Crippen LogP contribution in [0.4, 0.5) is 0 Å². The van der Waals surface area contributed by atoms with E-state index in [1.165, 1.54) is 19.2 Å². The zero-order valence-electron chi connectivity index (χ0n) is 13.3. The molecule has 0 spiro atoms. The summed E-state index contributed by atoms with van der Waals surface area (Å²) in [6.07, 6.45) is -0.405. The second kappa shape index (κ2) is 9.03. The molecule has 1 atom stereocenters. The van der Waals surface area contributed by atoms with Crippen molar-refractivity contribution < 1.29 is 17.9 Å². The van der Waals surface area contributed by atoms with Crippen molar-refractivity contribution in [1.82, 2.24) is 4.72 Å². The molecule has 0 saturated heterocycles. The lowest BCUT2D eigenvalue weighted by Gasteiger charge is -2.18. The summed E-state index contributed by atoms with van der Waals surface area (Å²) in [5, 5.41) is 0. The SMILES string of the molecule is COc1ccc(S(=O)(=O)NC[C@@H](OCCCl)c2ccccc2)cc1. The Labute approximate surface area is 147 Å². The first kappa shape index (κ1) is 18.7. The highest BCUT2D eigenvalue weighted by Crippen LogP contribution is 2.19. The maximum absolute atomic E-state index is 12.4. The molecule has 2 aromatic rings. The fourth-order valence-electron chi connectivity index (χ4n) is 2.15. The molecular formula is C17H20ClNO4S. The summed E-state index contributed by atoms with van der Waals surface area (Å²) >= 11 is 5.67. The Bertz CT molecular complexity index is 720. The van der Waals surface area contributed by atoms with Crippen LogP contribution in [0.25, 0.3) is 0 Å². The van der Waals surface area contributed by atoms with Crippen molar-refractivity contribution in [3.63, 3.8) is 0 Å². The van der Waals surface area contributed by atoms with Crippen LogP contribution in [0.5, 0.6) is 5.75 Å². The van der Waals surface area contributed by atoms with E-state index in [1.54, 1.807) is 12.1 Å². The van der Waals surface area contributed by atoms with Gasteiger partial charge in [-0.05, 0) is 29.8 Å². The molecule has 0 amide bonds. The summed E-state index contributed by atoms with van der Waals surface area (Å²) in [6.45, 7) is 0.459. The zero-order valence-corrected chi connectivity index (χ0v) is 14.9. The van der Waals surface area contributed by atoms with Crippen LogP contribution in [-0.4, -0.2) is 34.6 Å². The van der Waals surface area contributed by atoms with Crippen molar-refractivity contribution in [3.8, 4) is 5.75 Å². The van der Waals surface area contributed by atoms with Crippen molar-refractivity contribution in [2.45, 2.75) is 11.0 Å². The van der Waals surface area contributed by atoms with Gasteiger partial charge in [0.15, 0.2) is 0 Å². The van der Waals surface area contributed by atoms with E-state index in [1.807, 2.05) is 30.3 Å². The quantitative estimate of drug-likeness (QED) is 0.690. The Morgan fingerprint density at radius 2 is 1.75 bits per heavy atom. The minimum absolute atomic E-state index is 0.120. The molecule has 0 radical (unpaired) electrons. The van der Waals surface area contributed by atoms with Crippen molar-refractivity contribution in [2.24, 2.45) is 0 Å². The van der Waals surface area contributed by atoms with Gasteiger partial charge >= 0.3 is 0 Å². The van der Waals surface area contributed by atoms with Crippen LogP contribution < -0.4 is 9.46 Å². The summed E-state index contributed by atoms with van der Waals surface area (Å²) in [4.78, 5) is 0.174. The first-order chi connectivity index (χ1) is 11.6. The number of alkyl halides is 1. The predicted octanol–water partition coefficient (Wildman–Crippen LogP) is 2.97. The van der Waals surface area contributed by atoms with Crippen LogP contribution >= 0.6 is 11.6 Å². The summed E-state index contributed by atoms with van der Waals surface area (Å²) in [5.41, 5.74) is 0.889. The molecule has 0 aliphatic carbocycles. The summed E-state index contributed by atoms with van der Waals surface area (Å²) in [5.74, 6) is 0.940. The molecule has 2 rings (SSSR count). The second-order valence-corrected chi connectivity index (χ2v) is 7.13. The Balaban J connectivity index is 2.09. The van der Waals surface area contributed by atoms with Crippen molar-refractivity contribution in [2.75, 3.05) is 26.1 Å². The lowest BCUT2D eigenvalue weighted by molar-refractivity contribution is 0.0676. The van der Waals surface area contributed by atoms with E-state index in [9.17, 15) is 8.42 Å². The molecule has 0 fully saturated rings. The van der Waals surface area contributed by atoms with Gasteiger partial charge in [-0.25, -0.2) is 13.1 Å². The molecule has 130 valence electrons. The molecule has 1 N–H and O–H groups in total. The molecule has 0 aliphatic rings. The maximum atomic E-state index is 12.4. The molecule has 0 saturated carbocycles. The molecule has 5 nitrogen and oxygen atoms in total. The highest BCUT2D eigenvalue weighted by atomic mass is 35.5. The van der Waals surface area contributed by atoms with E-state index >= 15 is 0 Å². The van der Waals surface area contributed by atoms with Crippen LogP contribution in [0.2, 0.25) is 0 Å². The largest absolute Gasteiger partial charge is 0.497 e. The average molecular weight is 370 g/mol. The Kier molecular flexibility index (Phi) is 7.05. The molecule has 7 heteroatoms. The van der Waals surface area contributed by atoms with Gasteiger partial charge in [-0.15, -0.1) is 11.6 Å². The van der Waals surface area contributed by atoms with E-state index in [4.69, 9.17) is 21.1 Å². The fraction of sp³-hybridized carbons (Fsp3) is 0.294. The topological polar surface area (TPSA) is 64.6 Å². The third-order valence-electron chi connectivity index (χ3n) is 3.40. The highest BCUT2D eigenvalue weighted by Gasteiger charge is 2.18. The molecule has 0 heterocycles. The van der Waals surface area contributed by atoms with Gasteiger partial charge in [-0.1, -0.05) is 30.3 Å². The number of hydrogen-bond donors (Lipinski definition) is 1. The normalized spacial score (nSPS) is 12.8. The summed E-state index contributed by atoms with van der Waals surface area (Å²) in [7, 11) is -2.10. The predicted molar refractivity (Wildman–Crippen MR) is 94.0 cm³/mol. The lowest BCUT2D eigenvalue weighted by atomic mass is 10.1. The summed E-state index contributed by atoms with van der Waals surface area (Å²) in [6, 6.07) is 15.6. The van der Waals surface area contributed by atoms with E-state index in [0.717, 1.165) is 5.56 Å². The Hall–Kier alpha value is -1.60. The number of sulfonamides is 1. The first-order valence-electron chi connectivity index (χ1n) is 7.43. The van der Waals surface area contributed by atoms with Crippen LogP contribution in [0.1, 0.15) is 11.7 Å². The van der Waals surface area contributed by atoms with Crippen LogP contribution in [0.15, 0.2) is 59.5 Å². The summed E-state index contributed by atoms with van der Waals surface area (Å²) < 4.78 is 38.1. The van der Waals surface area contributed by atoms with Gasteiger partial charge in [0.25, 0.3) is 0 Å². The maximum Gasteiger partial charge on any atom is 0.240 e. The van der Waals surface area contributed by atoms with Gasteiger partial charge in [-0.2, -0.15) is 0 Å². The number of methoxy groups -OCH3 is 1. The average Bonchev–Trinajstić information content (AvgIpc) is 2.62. The van der Waals surface area contributed by atoms with Crippen molar-refractivity contribution in [1.29, 1.82) is 0 Å². The Morgan fingerprint density at radius 3 is 2.33 bits per heavy atom. The molecule has 2 aromatic carbocycles. The van der Waals surface area contributed by atoms with Gasteiger partial charge in [0.1, 0.15) is 5.75 Å². The minimum atomic E-state index is -3.63. The number of nitrogens with one attached hydrogen (secondary N) is 1. The minimum Gasteiger partial charge on any atom is -0.497 e. The zero-order chi connectivity index (χ0) is 17.4. The van der Waals surface area contributed by atoms with E-state index in [-0.39, 0.29) is 11.4 Å². The molecule has 0 aromatic heterocycles. The third-order valence-corrected chi connectivity index (χ3v) is 4.99. The van der Waals surface area contributed by atoms with Gasteiger partial charge in [0, 0.05) is 12.4 Å². The first-order valence-corrected chi connectivity index (χ1v) is 9.45. The van der Waals surface area contributed by atoms with Crippen LogP contribution in [0, 0.1) is 0 Å². The van der Waals surface area contributed by atoms with E-state index in [2.05, 4.69) is 4.72 Å². The molecule has 0 aliphatic heterocycles. The molecular weight excluding hydrogens is 350 g/mol. The second-order valence-electron chi connectivity index (χ2n) is 4.99. The van der Waals surface area contributed by atoms with Gasteiger partial charge in [0.05, 0.1) is 24.7 Å². The van der Waals surface area contributed by atoms with Crippen LogP contribution in [0.3, 0.4) is 0 Å². The van der Waals surface area contributed by atoms with Crippen LogP contribution in [-0.2, 0) is 14.8 Å². The highest BCUT2D eigenvalue weighted by molar-refractivity contribution is 7.89. The van der Waals surface area contributed by atoms with Gasteiger partial charge in [-0.3, -0.25) is 0 Å². The number of rotatable bonds is 9. The smallest absolute Gasteiger partial charge is 0.240 e. The van der Waals surface area contributed by atoms with Crippen molar-refractivity contribution >= 4 is 21.6 Å². The van der Waals surface area contributed by atoms with Gasteiger partial charge < -0.3 is 9.47 Å². The standard InChI is InChI=1S/C17H20ClNO4S/c1-22-15-7-9-16(10-8-15)24(20,21)19-13-17(23-12-11-18)14-5-3-2-4-6-14/h2-10,17,19H,11-13H2,1H3/t17-/m1/s1. The fourth-order valence-corrected chi connectivity index (χ4v) is 3.27. The third kappa shape index (κ3) is 5.21. The lowest BCUT2D eigenvalue weighted by Crippen LogP contribution is -2.30. The number of hydrogen-bond acceptors (Lipinski definition) is 4. The number of ether oxygens (including phenoxy) is 2. The van der Waals surface area contributed by atoms with Gasteiger partial charge in [0.2, 0.25) is 10.0 Å². The number of halogens is 1. The van der Waals surface area contributed by atoms with E-state index < -0.39 is 16.1 Å². The molecule has 24 heavy (non-hydrogen) atoms. The van der Waals surface area contributed by atoms with E-state index in [0.29, 0.717) is 18.2 Å².